The molecule has 3 heterocycles. The van der Waals surface area contributed by atoms with Crippen LogP contribution < -0.4 is 10.3 Å². The highest BCUT2D eigenvalue weighted by Gasteiger charge is 2.24. The molecule has 0 saturated carbocycles. The zero-order valence-corrected chi connectivity index (χ0v) is 18.3. The number of nitrogens with zero attached hydrogens (tertiary/aromatic N) is 3. The third kappa shape index (κ3) is 4.89. The summed E-state index contributed by atoms with van der Waals surface area (Å²) in [5, 5.41) is 10.4. The number of pyridine rings is 1. The van der Waals surface area contributed by atoms with Crippen LogP contribution in [-0.2, 0) is 13.0 Å². The molecule has 1 atom stereocenters. The first-order valence-electron chi connectivity index (χ1n) is 10.8. The molecule has 1 saturated heterocycles. The molecule has 1 aliphatic heterocycles. The number of piperidine rings is 1. The fourth-order valence-corrected chi connectivity index (χ4v) is 4.31. The van der Waals surface area contributed by atoms with Crippen LogP contribution >= 0.6 is 0 Å². The van der Waals surface area contributed by atoms with Crippen molar-refractivity contribution in [2.24, 2.45) is 0 Å². The van der Waals surface area contributed by atoms with E-state index in [1.54, 1.807) is 31.6 Å². The molecular formula is C25H28N4O3. The monoisotopic (exact) mass is 432 g/mol. The molecule has 0 aliphatic carbocycles. The first-order valence-corrected chi connectivity index (χ1v) is 10.8. The molecular weight excluding hydrogens is 404 g/mol. The number of phenols is 1. The van der Waals surface area contributed by atoms with Crippen LogP contribution in [0.1, 0.15) is 35.6 Å². The number of aromatic nitrogens is 3. The van der Waals surface area contributed by atoms with Crippen molar-refractivity contribution in [1.29, 1.82) is 0 Å². The lowest BCUT2D eigenvalue weighted by molar-refractivity contribution is 0.198. The fourth-order valence-electron chi connectivity index (χ4n) is 4.31. The molecule has 0 amide bonds. The minimum Gasteiger partial charge on any atom is -0.504 e. The number of benzene rings is 1. The smallest absolute Gasteiger partial charge is 0.251 e. The summed E-state index contributed by atoms with van der Waals surface area (Å²) in [6, 6.07) is 9.23. The van der Waals surface area contributed by atoms with E-state index in [0.29, 0.717) is 18.0 Å². The molecule has 2 N–H and O–H groups in total. The molecule has 0 bridgehead atoms. The van der Waals surface area contributed by atoms with Gasteiger partial charge in [-0.15, -0.1) is 6.58 Å². The summed E-state index contributed by atoms with van der Waals surface area (Å²) in [4.78, 5) is 26.4. The number of aromatic hydroxyl groups is 1. The number of hydrogen-bond acceptors (Lipinski definition) is 6. The van der Waals surface area contributed by atoms with Gasteiger partial charge >= 0.3 is 0 Å². The molecule has 166 valence electrons. The number of hydrogen-bond donors (Lipinski definition) is 2. The Hall–Kier alpha value is -3.45. The number of ether oxygens (including phenoxy) is 1. The van der Waals surface area contributed by atoms with Gasteiger partial charge in [0.1, 0.15) is 5.82 Å². The maximum Gasteiger partial charge on any atom is 0.251 e. The average Bonchev–Trinajstić information content (AvgIpc) is 2.81. The maximum atomic E-state index is 12.3. The quantitative estimate of drug-likeness (QED) is 0.554. The summed E-state index contributed by atoms with van der Waals surface area (Å²) >= 11 is 0. The van der Waals surface area contributed by atoms with Crippen molar-refractivity contribution in [3.8, 4) is 22.9 Å². The van der Waals surface area contributed by atoms with Gasteiger partial charge in [0.05, 0.1) is 12.8 Å². The SMILES string of the molecule is C=CCc1cc(CN2CCC[C@H](c3cc(=O)[nH]c(-c4cccnc4)n3)C2)cc(OC)c1O. The summed E-state index contributed by atoms with van der Waals surface area (Å²) in [5.74, 6) is 1.37. The van der Waals surface area contributed by atoms with Crippen molar-refractivity contribution in [2.45, 2.75) is 31.7 Å². The Labute approximate surface area is 187 Å². The topological polar surface area (TPSA) is 91.3 Å². The van der Waals surface area contributed by atoms with Gasteiger partial charge in [-0.3, -0.25) is 14.7 Å². The Bertz CT molecular complexity index is 1140. The van der Waals surface area contributed by atoms with Crippen molar-refractivity contribution < 1.29 is 9.84 Å². The predicted octanol–water partition coefficient (Wildman–Crippen LogP) is 3.65. The minimum absolute atomic E-state index is 0.150. The van der Waals surface area contributed by atoms with E-state index in [9.17, 15) is 9.90 Å². The second-order valence-corrected chi connectivity index (χ2v) is 8.13. The van der Waals surface area contributed by atoms with E-state index in [1.807, 2.05) is 24.3 Å². The highest BCUT2D eigenvalue weighted by molar-refractivity contribution is 5.53. The van der Waals surface area contributed by atoms with Gasteiger partial charge in [0.2, 0.25) is 0 Å². The zero-order chi connectivity index (χ0) is 22.5. The van der Waals surface area contributed by atoms with E-state index in [2.05, 4.69) is 21.4 Å². The van der Waals surface area contributed by atoms with Crippen LogP contribution in [0, 0.1) is 0 Å². The largest absolute Gasteiger partial charge is 0.504 e. The Balaban J connectivity index is 1.55. The number of phenolic OH excluding ortho intramolecular Hbond substituents is 1. The molecule has 1 fully saturated rings. The van der Waals surface area contributed by atoms with Crippen molar-refractivity contribution in [3.63, 3.8) is 0 Å². The van der Waals surface area contributed by atoms with Crippen LogP contribution in [-0.4, -0.2) is 45.2 Å². The van der Waals surface area contributed by atoms with Gasteiger partial charge in [-0.2, -0.15) is 0 Å². The van der Waals surface area contributed by atoms with Crippen molar-refractivity contribution >= 4 is 0 Å². The van der Waals surface area contributed by atoms with E-state index in [0.717, 1.165) is 54.9 Å². The Morgan fingerprint density at radius 2 is 2.25 bits per heavy atom. The van der Waals surface area contributed by atoms with Gasteiger partial charge in [-0.25, -0.2) is 4.98 Å². The van der Waals surface area contributed by atoms with E-state index >= 15 is 0 Å². The molecule has 1 aromatic carbocycles. The van der Waals surface area contributed by atoms with Gasteiger partial charge < -0.3 is 14.8 Å². The lowest BCUT2D eigenvalue weighted by Gasteiger charge is -2.32. The molecule has 7 nitrogen and oxygen atoms in total. The van der Waals surface area contributed by atoms with Crippen LogP contribution in [0.4, 0.5) is 0 Å². The van der Waals surface area contributed by atoms with E-state index in [1.165, 1.54) is 0 Å². The molecule has 0 radical (unpaired) electrons. The van der Waals surface area contributed by atoms with E-state index in [-0.39, 0.29) is 17.2 Å². The Morgan fingerprint density at radius 1 is 1.38 bits per heavy atom. The minimum atomic E-state index is -0.150. The van der Waals surface area contributed by atoms with Crippen LogP contribution in [0.25, 0.3) is 11.4 Å². The maximum absolute atomic E-state index is 12.3. The summed E-state index contributed by atoms with van der Waals surface area (Å²) in [5.41, 5.74) is 3.34. The molecule has 32 heavy (non-hydrogen) atoms. The number of likely N-dealkylation sites (tertiary alicyclic amines) is 1. The molecule has 7 heteroatoms. The lowest BCUT2D eigenvalue weighted by Crippen LogP contribution is -2.34. The number of nitrogens with one attached hydrogen (secondary N) is 1. The average molecular weight is 433 g/mol. The molecule has 2 aromatic heterocycles. The first kappa shape index (κ1) is 21.8. The third-order valence-electron chi connectivity index (χ3n) is 5.82. The first-order chi connectivity index (χ1) is 15.6. The molecule has 1 aliphatic rings. The zero-order valence-electron chi connectivity index (χ0n) is 18.3. The summed E-state index contributed by atoms with van der Waals surface area (Å²) in [7, 11) is 1.56. The number of aromatic amines is 1. The lowest BCUT2D eigenvalue weighted by atomic mass is 9.94. The number of methoxy groups -OCH3 is 1. The van der Waals surface area contributed by atoms with Crippen molar-refractivity contribution in [2.75, 3.05) is 20.2 Å². The van der Waals surface area contributed by atoms with Gasteiger partial charge in [0, 0.05) is 48.6 Å². The van der Waals surface area contributed by atoms with Crippen LogP contribution in [0.3, 0.4) is 0 Å². The highest BCUT2D eigenvalue weighted by Crippen LogP contribution is 2.33. The molecule has 0 spiro atoms. The molecule has 3 aromatic rings. The van der Waals surface area contributed by atoms with Gasteiger partial charge in [0.15, 0.2) is 11.5 Å². The summed E-state index contributed by atoms with van der Waals surface area (Å²) in [6.45, 7) is 6.28. The Morgan fingerprint density at radius 3 is 3.00 bits per heavy atom. The second kappa shape index (κ2) is 9.78. The molecule has 0 unspecified atom stereocenters. The molecule has 4 rings (SSSR count). The summed E-state index contributed by atoms with van der Waals surface area (Å²) < 4.78 is 5.36. The highest BCUT2D eigenvalue weighted by atomic mass is 16.5. The number of allylic oxidation sites excluding steroid dienone is 1. The standard InChI is InChI=1S/C25H28N4O3/c1-3-6-18-11-17(12-22(32-2)24(18)31)15-29-10-5-8-20(16-29)21-13-23(30)28-25(27-21)19-7-4-9-26-14-19/h3-4,7,9,11-14,20,31H,1,5-6,8,10,15-16H2,2H3,(H,27,28,30)/t20-/m0/s1. The number of H-pyrrole nitrogens is 1. The third-order valence-corrected chi connectivity index (χ3v) is 5.82. The normalized spacial score (nSPS) is 16.6. The second-order valence-electron chi connectivity index (χ2n) is 8.13. The van der Waals surface area contributed by atoms with Gasteiger partial charge in [-0.1, -0.05) is 12.1 Å². The predicted molar refractivity (Wildman–Crippen MR) is 124 cm³/mol. The van der Waals surface area contributed by atoms with Gasteiger partial charge in [-0.05, 0) is 49.6 Å². The van der Waals surface area contributed by atoms with Crippen LogP contribution in [0.5, 0.6) is 11.5 Å². The van der Waals surface area contributed by atoms with Crippen molar-refractivity contribution in [3.05, 3.63) is 82.6 Å². The fraction of sp³-hybridized carbons (Fsp3) is 0.320. The van der Waals surface area contributed by atoms with E-state index < -0.39 is 0 Å². The van der Waals surface area contributed by atoms with Gasteiger partial charge in [0.25, 0.3) is 5.56 Å². The van der Waals surface area contributed by atoms with Crippen molar-refractivity contribution in [1.82, 2.24) is 19.9 Å². The number of rotatable bonds is 7. The Kier molecular flexibility index (Phi) is 6.66. The van der Waals surface area contributed by atoms with Crippen LogP contribution in [0.15, 0.2) is 60.2 Å². The van der Waals surface area contributed by atoms with Crippen LogP contribution in [0.2, 0.25) is 0 Å². The van der Waals surface area contributed by atoms with E-state index in [4.69, 9.17) is 9.72 Å². The summed E-state index contributed by atoms with van der Waals surface area (Å²) in [6.07, 6.45) is 7.76.